The largest absolute Gasteiger partial charge is 0.383 e. The molecule has 2 heterocycles. The molecule has 12 nitrogen and oxygen atoms in total. The van der Waals surface area contributed by atoms with Gasteiger partial charge in [-0.15, -0.1) is 211 Å². The second kappa shape index (κ2) is 63.6. The lowest BCUT2D eigenvalue weighted by Gasteiger charge is -2.01. The summed E-state index contributed by atoms with van der Waals surface area (Å²) in [6.07, 6.45) is 2.45. The van der Waals surface area contributed by atoms with Crippen LogP contribution in [-0.2, 0) is 0 Å². The van der Waals surface area contributed by atoms with Crippen molar-refractivity contribution in [1.82, 2.24) is 24.8 Å². The first-order valence-electron chi connectivity index (χ1n) is 5.72. The van der Waals surface area contributed by atoms with Crippen LogP contribution in [0.3, 0.4) is 0 Å². The van der Waals surface area contributed by atoms with Gasteiger partial charge in [0.15, 0.2) is 11.5 Å². The Morgan fingerprint density at radius 2 is 1.05 bits per heavy atom. The van der Waals surface area contributed by atoms with Crippen LogP contribution in [0.4, 0.5) is 16.4 Å². The zero-order valence-corrected chi connectivity index (χ0v) is 32.4. The molecule has 0 radical (unpaired) electrons. The number of carbonyl (C=O) groups excluding carboxylic acids is 3. The Kier molecular flexibility index (Phi) is 196. The Labute approximate surface area is 337 Å². The van der Waals surface area contributed by atoms with Crippen LogP contribution in [0.25, 0.3) is 0 Å². The summed E-state index contributed by atoms with van der Waals surface area (Å²) >= 11 is 0. The van der Waals surface area contributed by atoms with Crippen molar-refractivity contribution in [2.75, 3.05) is 18.5 Å². The Balaban J connectivity index is -0.0000000106. The van der Waals surface area contributed by atoms with E-state index in [0.717, 1.165) is 10.9 Å². The highest BCUT2D eigenvalue weighted by Gasteiger charge is 2.15. The van der Waals surface area contributed by atoms with Crippen LogP contribution in [0.15, 0.2) is 12.7 Å². The number of nitrogens with zero attached hydrogens (tertiary/aromatic N) is 3. The third-order valence-electron chi connectivity index (χ3n) is 2.39. The standard InChI is InChI=1S/C6H9N5O2.C4H6N4O.CH4.17ClH/c1-9-6(13)11-2-10-3(4(11)7)5(8)12;5-3-2(4(6)9)7-1-8-3;;;;;;;;;;;;;;;;;;/h2H,7H2,1H3,(H2,8,12)(H,9,13);1H,5H2,(H2,6,9)(H,7,8);1H4;17*1H. The smallest absolute Gasteiger partial charge is 0.328 e. The first-order chi connectivity index (χ1) is 10.3. The van der Waals surface area contributed by atoms with Crippen molar-refractivity contribution in [3.63, 3.8) is 0 Å². The minimum absolute atomic E-state index is 0. The van der Waals surface area contributed by atoms with E-state index >= 15 is 0 Å². The lowest BCUT2D eigenvalue weighted by Crippen LogP contribution is -2.25. The number of nitrogens with two attached hydrogens (primary N) is 4. The maximum Gasteiger partial charge on any atom is 0.328 e. The molecule has 29 heteroatoms. The summed E-state index contributed by atoms with van der Waals surface area (Å²) in [6, 6.07) is -0.475. The van der Waals surface area contributed by atoms with Gasteiger partial charge in [-0.25, -0.2) is 19.3 Å². The molecule has 2 aromatic heterocycles. The molecule has 0 aliphatic heterocycles. The molecule has 0 unspecified atom stereocenters. The van der Waals surface area contributed by atoms with Gasteiger partial charge >= 0.3 is 6.03 Å². The van der Waals surface area contributed by atoms with Crippen LogP contribution in [0.2, 0.25) is 0 Å². The predicted octanol–water partition coefficient (Wildman–Crippen LogP) is 5.65. The maximum atomic E-state index is 11.0. The monoisotopic (exact) mass is 937 g/mol. The van der Waals surface area contributed by atoms with Gasteiger partial charge in [0, 0.05) is 7.05 Å². The zero-order valence-electron chi connectivity index (χ0n) is 18.5. The van der Waals surface area contributed by atoms with E-state index < -0.39 is 17.8 Å². The summed E-state index contributed by atoms with van der Waals surface area (Å²) in [5.41, 5.74) is 20.5. The van der Waals surface area contributed by atoms with Crippen molar-refractivity contribution in [2.24, 2.45) is 11.5 Å². The van der Waals surface area contributed by atoms with Gasteiger partial charge in [0.05, 0.1) is 6.33 Å². The number of primary amides is 2. The van der Waals surface area contributed by atoms with Gasteiger partial charge in [0.25, 0.3) is 11.8 Å². The molecule has 0 aliphatic rings. The summed E-state index contributed by atoms with van der Waals surface area (Å²) in [5, 5.41) is 2.33. The van der Waals surface area contributed by atoms with E-state index in [1.54, 1.807) is 0 Å². The van der Waals surface area contributed by atoms with Crippen LogP contribution in [0.5, 0.6) is 0 Å². The highest BCUT2D eigenvalue weighted by atomic mass is 35.5. The summed E-state index contributed by atoms with van der Waals surface area (Å²) in [4.78, 5) is 41.7. The van der Waals surface area contributed by atoms with Gasteiger partial charge in [-0.3, -0.25) is 9.59 Å². The van der Waals surface area contributed by atoms with Crippen molar-refractivity contribution in [3.8, 4) is 0 Å². The summed E-state index contributed by atoms with van der Waals surface area (Å²) in [6.45, 7) is 0. The molecule has 0 atom stereocenters. The molecule has 0 fully saturated rings. The average Bonchev–Trinajstić information content (AvgIpc) is 3.04. The first kappa shape index (κ1) is 123. The molecule has 262 valence electrons. The second-order valence-electron chi connectivity index (χ2n) is 3.79. The number of halogens is 17. The first-order valence-corrected chi connectivity index (χ1v) is 5.72. The van der Waals surface area contributed by atoms with Crippen molar-refractivity contribution in [2.45, 2.75) is 7.43 Å². The molecule has 0 aliphatic carbocycles. The van der Waals surface area contributed by atoms with E-state index in [0.29, 0.717) is 0 Å². The number of amides is 3. The SMILES string of the molecule is C.CNC(=O)n1cnc(C(N)=O)c1N.Cl.Cl.Cl.Cl.Cl.Cl.Cl.Cl.Cl.Cl.Cl.Cl.Cl.Cl.Cl.Cl.Cl.NC(=O)c1[nH]cnc1N. The lowest BCUT2D eigenvalue weighted by atomic mass is 10.4. The summed E-state index contributed by atoms with van der Waals surface area (Å²) < 4.78 is 1.00. The fourth-order valence-corrected chi connectivity index (χ4v) is 1.33. The Bertz CT molecular complexity index is 743. The quantitative estimate of drug-likeness (QED) is 0.223. The Morgan fingerprint density at radius 1 is 0.700 bits per heavy atom. The van der Waals surface area contributed by atoms with Crippen LogP contribution < -0.4 is 28.3 Å². The predicted molar refractivity (Wildman–Crippen MR) is 206 cm³/mol. The normalized spacial score (nSPS) is 5.22. The van der Waals surface area contributed by atoms with Crippen molar-refractivity contribution < 1.29 is 14.4 Å². The fourth-order valence-electron chi connectivity index (χ4n) is 1.33. The molecular weight excluding hydrogens is 909 g/mol. The Morgan fingerprint density at radius 3 is 1.23 bits per heavy atom. The number of aromatic nitrogens is 4. The maximum absolute atomic E-state index is 11.0. The molecule has 10 N–H and O–H groups in total. The molecule has 0 saturated carbocycles. The molecule has 0 bridgehead atoms. The minimum atomic E-state index is -0.764. The number of nitrogens with one attached hydrogen (secondary N) is 2. The third-order valence-corrected chi connectivity index (χ3v) is 2.39. The highest BCUT2D eigenvalue weighted by molar-refractivity contribution is 5.97. The highest BCUT2D eigenvalue weighted by Crippen LogP contribution is 2.07. The molecule has 3 amide bonds. The van der Waals surface area contributed by atoms with Crippen LogP contribution in [0.1, 0.15) is 28.4 Å². The number of carbonyl (C=O) groups is 3. The lowest BCUT2D eigenvalue weighted by molar-refractivity contribution is 0.0988. The topological polar surface area (TPSA) is 214 Å². The van der Waals surface area contributed by atoms with Crippen LogP contribution in [0, 0.1) is 0 Å². The van der Waals surface area contributed by atoms with Gasteiger partial charge in [-0.05, 0) is 0 Å². The number of hydrogen-bond donors (Lipinski definition) is 6. The van der Waals surface area contributed by atoms with E-state index in [2.05, 4.69) is 20.3 Å². The molecule has 40 heavy (non-hydrogen) atoms. The van der Waals surface area contributed by atoms with Crippen molar-refractivity contribution in [1.29, 1.82) is 0 Å². The van der Waals surface area contributed by atoms with Gasteiger partial charge in [0.2, 0.25) is 0 Å². The second-order valence-corrected chi connectivity index (χ2v) is 3.79. The van der Waals surface area contributed by atoms with E-state index in [9.17, 15) is 14.4 Å². The van der Waals surface area contributed by atoms with Gasteiger partial charge in [-0.1, -0.05) is 7.43 Å². The van der Waals surface area contributed by atoms with Crippen molar-refractivity contribution in [3.05, 3.63) is 24.0 Å². The van der Waals surface area contributed by atoms with E-state index in [4.69, 9.17) is 22.9 Å². The van der Waals surface area contributed by atoms with Gasteiger partial charge < -0.3 is 33.2 Å². The number of H-pyrrole nitrogens is 1. The van der Waals surface area contributed by atoms with Gasteiger partial charge in [0.1, 0.15) is 17.8 Å². The molecule has 0 spiro atoms. The van der Waals surface area contributed by atoms with E-state index in [1.165, 1.54) is 13.4 Å². The van der Waals surface area contributed by atoms with Crippen LogP contribution in [-0.4, -0.2) is 44.4 Å². The number of rotatable bonds is 2. The molecule has 2 rings (SSSR count). The summed E-state index contributed by atoms with van der Waals surface area (Å²) in [7, 11) is 1.44. The molecule has 0 aromatic carbocycles. The minimum Gasteiger partial charge on any atom is -0.383 e. The van der Waals surface area contributed by atoms with Gasteiger partial charge in [-0.2, -0.15) is 0 Å². The number of nitrogen functional groups attached to an aromatic ring is 2. The number of hydrogen-bond acceptors (Lipinski definition) is 7. The van der Waals surface area contributed by atoms with E-state index in [-0.39, 0.29) is 241 Å². The van der Waals surface area contributed by atoms with Crippen molar-refractivity contribution >= 4 is 240 Å². The molecular formula is C11H36Cl17N9O3. The zero-order chi connectivity index (χ0) is 16.9. The van der Waals surface area contributed by atoms with Crippen LogP contribution >= 0.6 is 211 Å². The summed E-state index contributed by atoms with van der Waals surface area (Å²) in [5.74, 6) is -1.28. The number of imidazole rings is 2. The average molecular weight is 945 g/mol. The van der Waals surface area contributed by atoms with E-state index in [1.807, 2.05) is 0 Å². The number of anilines is 2. The Hall–Kier alpha value is 1.36. The fraction of sp³-hybridized carbons (Fsp3) is 0.182. The molecule has 2 aromatic rings. The third kappa shape index (κ3) is 39.4. The number of aromatic amines is 1. The molecule has 0 saturated heterocycles.